The van der Waals surface area contributed by atoms with Crippen LogP contribution in [-0.2, 0) is 0 Å². The maximum atomic E-state index is 11.6. The van der Waals surface area contributed by atoms with E-state index in [2.05, 4.69) is 15.0 Å². The van der Waals surface area contributed by atoms with Gasteiger partial charge in [0.25, 0.3) is 5.56 Å². The van der Waals surface area contributed by atoms with E-state index < -0.39 is 0 Å². The van der Waals surface area contributed by atoms with E-state index in [4.69, 9.17) is 10.8 Å². The minimum Gasteiger partial charge on any atom is -0.396 e. The van der Waals surface area contributed by atoms with Crippen LogP contribution >= 0.6 is 0 Å². The van der Waals surface area contributed by atoms with Gasteiger partial charge in [0, 0.05) is 12.6 Å². The number of hydrogen-bond acceptors (Lipinski definition) is 5. The molecule has 0 amide bonds. The second kappa shape index (κ2) is 3.56. The quantitative estimate of drug-likeness (QED) is 0.658. The maximum absolute atomic E-state index is 11.6. The van der Waals surface area contributed by atoms with Crippen molar-refractivity contribution in [3.8, 4) is 0 Å². The Balaban J connectivity index is 2.04. The number of H-pyrrole nitrogens is 1. The van der Waals surface area contributed by atoms with Crippen LogP contribution in [0.1, 0.15) is 18.9 Å². The third-order valence-electron chi connectivity index (χ3n) is 3.31. The monoisotopic (exact) mass is 235 g/mol. The van der Waals surface area contributed by atoms with Gasteiger partial charge in [0.2, 0.25) is 5.95 Å². The molecule has 1 aliphatic rings. The summed E-state index contributed by atoms with van der Waals surface area (Å²) in [5.74, 6) is 0.444. The number of nitrogen functional groups attached to an aromatic ring is 1. The molecule has 1 aliphatic carbocycles. The fourth-order valence-corrected chi connectivity index (χ4v) is 2.29. The first-order valence-electron chi connectivity index (χ1n) is 5.52. The van der Waals surface area contributed by atoms with Crippen LogP contribution in [0, 0.1) is 5.92 Å². The highest BCUT2D eigenvalue weighted by atomic mass is 16.3. The lowest BCUT2D eigenvalue weighted by atomic mass is 9.81. The predicted molar refractivity (Wildman–Crippen MR) is 61.4 cm³/mol. The normalized spacial score (nSPS) is 23.8. The number of imidazole rings is 1. The second-order valence-electron chi connectivity index (χ2n) is 4.45. The summed E-state index contributed by atoms with van der Waals surface area (Å²) >= 11 is 0. The second-order valence-corrected chi connectivity index (χ2v) is 4.45. The average Bonchev–Trinajstić information content (AvgIpc) is 2.61. The van der Waals surface area contributed by atoms with Gasteiger partial charge in [0.1, 0.15) is 0 Å². The number of nitrogens with one attached hydrogen (secondary N) is 1. The van der Waals surface area contributed by atoms with Gasteiger partial charge in [-0.3, -0.25) is 9.78 Å². The molecule has 4 N–H and O–H groups in total. The number of fused-ring (bicyclic) bond motifs is 1. The summed E-state index contributed by atoms with van der Waals surface area (Å²) in [6, 6.07) is 0.255. The topological polar surface area (TPSA) is 110 Å². The van der Waals surface area contributed by atoms with Gasteiger partial charge in [-0.15, -0.1) is 0 Å². The summed E-state index contributed by atoms with van der Waals surface area (Å²) < 4.78 is 1.87. The zero-order chi connectivity index (χ0) is 12.0. The summed E-state index contributed by atoms with van der Waals surface area (Å²) in [6.07, 6.45) is 3.39. The maximum Gasteiger partial charge on any atom is 0.280 e. The highest BCUT2D eigenvalue weighted by molar-refractivity contribution is 5.70. The zero-order valence-corrected chi connectivity index (χ0v) is 9.13. The Kier molecular flexibility index (Phi) is 2.15. The van der Waals surface area contributed by atoms with Crippen molar-refractivity contribution in [2.24, 2.45) is 5.92 Å². The summed E-state index contributed by atoms with van der Waals surface area (Å²) in [4.78, 5) is 22.1. The SMILES string of the molecule is Nc1nc2c(ncn2C2CC(CO)C2)c(=O)[nH]1. The molecule has 2 aromatic rings. The average molecular weight is 235 g/mol. The van der Waals surface area contributed by atoms with Crippen molar-refractivity contribution in [1.82, 2.24) is 19.5 Å². The summed E-state index contributed by atoms with van der Waals surface area (Å²) in [6.45, 7) is 0.208. The Morgan fingerprint density at radius 3 is 3.06 bits per heavy atom. The van der Waals surface area contributed by atoms with E-state index in [1.807, 2.05) is 4.57 Å². The van der Waals surface area contributed by atoms with Crippen LogP contribution in [0.5, 0.6) is 0 Å². The minimum absolute atomic E-state index is 0.0993. The molecule has 1 fully saturated rings. The smallest absolute Gasteiger partial charge is 0.280 e. The molecule has 2 heterocycles. The third-order valence-corrected chi connectivity index (χ3v) is 3.31. The van der Waals surface area contributed by atoms with Crippen LogP contribution in [0.4, 0.5) is 5.95 Å². The van der Waals surface area contributed by atoms with Crippen molar-refractivity contribution in [1.29, 1.82) is 0 Å². The summed E-state index contributed by atoms with van der Waals surface area (Å²) in [5.41, 5.74) is 6.04. The fourth-order valence-electron chi connectivity index (χ4n) is 2.29. The number of aromatic nitrogens is 4. The van der Waals surface area contributed by atoms with E-state index in [1.165, 1.54) is 0 Å². The standard InChI is InChI=1S/C10H13N5O2/c11-10-13-8-7(9(17)14-10)12-4-15(8)6-1-5(2-6)3-16/h4-6,16H,1-3H2,(H3,11,13,14,17). The van der Waals surface area contributed by atoms with Crippen molar-refractivity contribution in [2.75, 3.05) is 12.3 Å². The van der Waals surface area contributed by atoms with Gasteiger partial charge >= 0.3 is 0 Å². The molecule has 0 atom stereocenters. The van der Waals surface area contributed by atoms with Crippen molar-refractivity contribution in [3.05, 3.63) is 16.7 Å². The van der Waals surface area contributed by atoms with Gasteiger partial charge in [-0.2, -0.15) is 4.98 Å². The van der Waals surface area contributed by atoms with Crippen LogP contribution in [0.2, 0.25) is 0 Å². The number of aliphatic hydroxyl groups excluding tert-OH is 1. The van der Waals surface area contributed by atoms with Crippen molar-refractivity contribution in [3.63, 3.8) is 0 Å². The highest BCUT2D eigenvalue weighted by Gasteiger charge is 2.31. The number of hydrogen-bond donors (Lipinski definition) is 3. The van der Waals surface area contributed by atoms with Gasteiger partial charge in [-0.05, 0) is 18.8 Å². The van der Waals surface area contributed by atoms with Gasteiger partial charge < -0.3 is 15.4 Å². The molecule has 0 spiro atoms. The van der Waals surface area contributed by atoms with Gasteiger partial charge in [-0.25, -0.2) is 4.98 Å². The molecule has 0 aliphatic heterocycles. The molecule has 2 aromatic heterocycles. The third kappa shape index (κ3) is 1.50. The molecule has 0 aromatic carbocycles. The van der Waals surface area contributed by atoms with Gasteiger partial charge in [0.05, 0.1) is 6.33 Å². The molecular weight excluding hydrogens is 222 g/mol. The van der Waals surface area contributed by atoms with E-state index in [-0.39, 0.29) is 24.2 Å². The Morgan fingerprint density at radius 1 is 1.59 bits per heavy atom. The summed E-state index contributed by atoms with van der Waals surface area (Å²) in [5, 5.41) is 8.99. The number of rotatable bonds is 2. The lowest BCUT2D eigenvalue weighted by molar-refractivity contribution is 0.114. The Labute approximate surface area is 96.3 Å². The Bertz CT molecular complexity index is 611. The first-order chi connectivity index (χ1) is 8.19. The lowest BCUT2D eigenvalue weighted by Gasteiger charge is -2.34. The minimum atomic E-state index is -0.315. The van der Waals surface area contributed by atoms with Crippen molar-refractivity contribution in [2.45, 2.75) is 18.9 Å². The Hall–Kier alpha value is -1.89. The first-order valence-corrected chi connectivity index (χ1v) is 5.52. The van der Waals surface area contributed by atoms with E-state index in [1.54, 1.807) is 6.33 Å². The predicted octanol–water partition coefficient (Wildman–Crippen LogP) is -0.355. The molecule has 7 heteroatoms. The lowest BCUT2D eigenvalue weighted by Crippen LogP contribution is -2.29. The number of nitrogens with two attached hydrogens (primary N) is 1. The molecule has 1 saturated carbocycles. The van der Waals surface area contributed by atoms with Crippen LogP contribution in [0.15, 0.2) is 11.1 Å². The zero-order valence-electron chi connectivity index (χ0n) is 9.13. The molecule has 90 valence electrons. The van der Waals surface area contributed by atoms with Crippen LogP contribution in [0.3, 0.4) is 0 Å². The van der Waals surface area contributed by atoms with Crippen molar-refractivity contribution >= 4 is 17.1 Å². The first kappa shape index (κ1) is 10.3. The fraction of sp³-hybridized carbons (Fsp3) is 0.500. The van der Waals surface area contributed by atoms with Gasteiger partial charge in [-0.1, -0.05) is 0 Å². The van der Waals surface area contributed by atoms with Crippen LogP contribution < -0.4 is 11.3 Å². The summed E-state index contributed by atoms with van der Waals surface area (Å²) in [7, 11) is 0. The largest absolute Gasteiger partial charge is 0.396 e. The molecule has 0 unspecified atom stereocenters. The van der Waals surface area contributed by atoms with Crippen LogP contribution in [-0.4, -0.2) is 31.2 Å². The van der Waals surface area contributed by atoms with Gasteiger partial charge in [0.15, 0.2) is 11.2 Å². The number of aromatic amines is 1. The molecule has 17 heavy (non-hydrogen) atoms. The van der Waals surface area contributed by atoms with E-state index in [0.717, 1.165) is 12.8 Å². The van der Waals surface area contributed by atoms with Crippen LogP contribution in [0.25, 0.3) is 11.2 Å². The number of nitrogens with zero attached hydrogens (tertiary/aromatic N) is 3. The molecule has 0 radical (unpaired) electrons. The highest BCUT2D eigenvalue weighted by Crippen LogP contribution is 2.38. The number of aliphatic hydroxyl groups is 1. The van der Waals surface area contributed by atoms with Crippen molar-refractivity contribution < 1.29 is 5.11 Å². The molecule has 0 bridgehead atoms. The molecule has 3 rings (SSSR count). The molecule has 7 nitrogen and oxygen atoms in total. The van der Waals surface area contributed by atoms with E-state index >= 15 is 0 Å². The number of anilines is 1. The van der Waals surface area contributed by atoms with E-state index in [0.29, 0.717) is 17.1 Å². The molecule has 0 saturated heterocycles. The molecular formula is C10H13N5O2. The Morgan fingerprint density at radius 2 is 2.35 bits per heavy atom. The van der Waals surface area contributed by atoms with E-state index in [9.17, 15) is 4.79 Å².